The van der Waals surface area contributed by atoms with E-state index in [4.69, 9.17) is 37.4 Å². The van der Waals surface area contributed by atoms with Gasteiger partial charge in [-0.1, -0.05) is 30.1 Å². The van der Waals surface area contributed by atoms with Crippen molar-refractivity contribution in [2.45, 2.75) is 49.5 Å². The van der Waals surface area contributed by atoms with Gasteiger partial charge in [0.25, 0.3) is 21.8 Å². The van der Waals surface area contributed by atoms with E-state index in [-0.39, 0.29) is 46.9 Å². The molecule has 0 atom stereocenters. The first kappa shape index (κ1) is 41.6. The average Bonchev–Trinajstić information content (AvgIpc) is 3.41. The number of halogens is 2. The Morgan fingerprint density at radius 2 is 1.56 bits per heavy atom. The summed E-state index contributed by atoms with van der Waals surface area (Å²) in [6.45, 7) is 3.23. The molecule has 0 radical (unpaired) electrons. The van der Waals surface area contributed by atoms with Crippen molar-refractivity contribution in [3.05, 3.63) is 69.4 Å². The molecule has 4 amide bonds. The number of imide groups is 1. The van der Waals surface area contributed by atoms with Crippen LogP contribution in [0.1, 0.15) is 45.1 Å². The number of hydrogen-bond acceptors (Lipinski definition) is 14. The Morgan fingerprint density at radius 1 is 0.944 bits per heavy atom. The minimum Gasteiger partial charge on any atom is -0.481 e. The van der Waals surface area contributed by atoms with Gasteiger partial charge in [-0.05, 0) is 74.6 Å². The Hall–Kier alpha value is -5.11. The Balaban J connectivity index is 0.000000241. The number of nitrogens with zero attached hydrogens (tertiary/aromatic N) is 4. The summed E-state index contributed by atoms with van der Waals surface area (Å²) in [5.41, 5.74) is 2.04. The van der Waals surface area contributed by atoms with Crippen molar-refractivity contribution in [3.8, 4) is 11.8 Å². The van der Waals surface area contributed by atoms with Gasteiger partial charge in [-0.2, -0.15) is 18.4 Å². The zero-order chi connectivity index (χ0) is 39.8. The van der Waals surface area contributed by atoms with Gasteiger partial charge in [0.15, 0.2) is 14.9 Å². The lowest BCUT2D eigenvalue weighted by molar-refractivity contribution is -0.137. The van der Waals surface area contributed by atoms with Gasteiger partial charge in [-0.3, -0.25) is 14.9 Å². The van der Waals surface area contributed by atoms with Crippen molar-refractivity contribution in [1.29, 1.82) is 0 Å². The topological polar surface area (TPSA) is 230 Å². The van der Waals surface area contributed by atoms with Crippen molar-refractivity contribution in [2.24, 2.45) is 0 Å². The molecule has 1 aliphatic carbocycles. The molecular weight excluding hydrogens is 791 g/mol. The second-order valence-corrected chi connectivity index (χ2v) is 15.7. The van der Waals surface area contributed by atoms with Crippen molar-refractivity contribution in [1.82, 2.24) is 19.7 Å². The first-order chi connectivity index (χ1) is 25.6. The van der Waals surface area contributed by atoms with Crippen LogP contribution < -0.4 is 24.4 Å². The third-order valence-corrected chi connectivity index (χ3v) is 11.4. The van der Waals surface area contributed by atoms with E-state index in [2.05, 4.69) is 20.3 Å². The quantitative estimate of drug-likeness (QED) is 0.155. The number of anilines is 2. The highest BCUT2D eigenvalue weighted by molar-refractivity contribution is 7.93. The molecule has 54 heavy (non-hydrogen) atoms. The number of methoxy groups -OCH3 is 2. The number of rotatable bonds is 11. The monoisotopic (exact) mass is 824 g/mol. The Bertz CT molecular complexity index is 2210. The first-order valence-electron chi connectivity index (χ1n) is 16.0. The van der Waals surface area contributed by atoms with E-state index in [1.807, 2.05) is 0 Å². The van der Waals surface area contributed by atoms with Gasteiger partial charge < -0.3 is 14.2 Å². The van der Waals surface area contributed by atoms with Crippen LogP contribution in [0.5, 0.6) is 11.8 Å². The molecule has 1 aliphatic heterocycles. The number of aromatic nitrogens is 3. The van der Waals surface area contributed by atoms with E-state index in [0.717, 1.165) is 25.1 Å². The fraction of sp³-hybridized carbons (Fsp3) is 0.303. The van der Waals surface area contributed by atoms with E-state index in [1.54, 1.807) is 29.8 Å². The van der Waals surface area contributed by atoms with Gasteiger partial charge in [-0.15, -0.1) is 0 Å². The van der Waals surface area contributed by atoms with Crippen molar-refractivity contribution in [2.75, 3.05) is 36.8 Å². The summed E-state index contributed by atoms with van der Waals surface area (Å²) in [5, 5.41) is 1.51. The summed E-state index contributed by atoms with van der Waals surface area (Å²) in [6.07, 6.45) is 5.54. The number of benzene rings is 1. The number of sulfonamides is 1. The zero-order valence-corrected chi connectivity index (χ0v) is 32.4. The maximum atomic E-state index is 12.7. The molecule has 0 saturated carbocycles. The van der Waals surface area contributed by atoms with E-state index in [0.29, 0.717) is 40.3 Å². The summed E-state index contributed by atoms with van der Waals surface area (Å²) in [7, 11) is -5.85. The summed E-state index contributed by atoms with van der Waals surface area (Å²) < 4.78 is 65.5. The van der Waals surface area contributed by atoms with Crippen LogP contribution >= 0.6 is 23.2 Å². The lowest BCUT2D eigenvalue weighted by Gasteiger charge is -2.16. The first-order valence-corrected chi connectivity index (χ1v) is 19.9. The molecule has 0 unspecified atom stereocenters. The SMILES string of the molecule is CCOC(=O)/C(Cl)=C/c1cc(N2C(=O)C3=C(CCCC3)C2=O)ccc1Cl.CCS(=O)(=O)c1cccnc1S(=O)(=O)NC(=O)Nc1nc(OC)cc(OC)n1. The smallest absolute Gasteiger partial charge is 0.349 e. The minimum absolute atomic E-state index is 0.0612. The molecule has 17 nitrogen and oxygen atoms in total. The van der Waals surface area contributed by atoms with E-state index in [9.17, 15) is 36.0 Å². The number of amides is 4. The molecule has 0 spiro atoms. The predicted octanol–water partition coefficient (Wildman–Crippen LogP) is 4.42. The van der Waals surface area contributed by atoms with Gasteiger partial charge in [0, 0.05) is 22.4 Å². The van der Waals surface area contributed by atoms with Crippen LogP contribution in [0.25, 0.3) is 6.08 Å². The fourth-order valence-corrected chi connectivity index (χ4v) is 7.98. The number of esters is 1. The van der Waals surface area contributed by atoms with Crippen molar-refractivity contribution >= 4 is 84.6 Å². The fourth-order valence-electron chi connectivity index (χ4n) is 5.09. The lowest BCUT2D eigenvalue weighted by Crippen LogP contribution is -2.36. The molecule has 0 bridgehead atoms. The summed E-state index contributed by atoms with van der Waals surface area (Å²) in [4.78, 5) is 61.0. The molecule has 3 aromatic rings. The predicted molar refractivity (Wildman–Crippen MR) is 196 cm³/mol. The number of ether oxygens (including phenoxy) is 3. The zero-order valence-electron chi connectivity index (χ0n) is 29.2. The number of pyridine rings is 1. The third kappa shape index (κ3) is 9.70. The third-order valence-electron chi connectivity index (χ3n) is 7.64. The van der Waals surface area contributed by atoms with Crippen LogP contribution in [0, 0.1) is 0 Å². The largest absolute Gasteiger partial charge is 0.481 e. The number of urea groups is 1. The maximum absolute atomic E-state index is 12.7. The molecule has 1 aromatic carbocycles. The maximum Gasteiger partial charge on any atom is 0.349 e. The van der Waals surface area contributed by atoms with Crippen LogP contribution in [-0.4, -0.2) is 82.2 Å². The van der Waals surface area contributed by atoms with Crippen LogP contribution in [0.3, 0.4) is 0 Å². The van der Waals surface area contributed by atoms with Crippen molar-refractivity contribution < 1.29 is 50.2 Å². The van der Waals surface area contributed by atoms with Crippen LogP contribution in [0.4, 0.5) is 16.4 Å². The minimum atomic E-state index is -4.61. The lowest BCUT2D eigenvalue weighted by atomic mass is 9.93. The van der Waals surface area contributed by atoms with Crippen LogP contribution in [0.15, 0.2) is 68.7 Å². The van der Waals surface area contributed by atoms with Gasteiger partial charge in [0.05, 0.1) is 38.3 Å². The van der Waals surface area contributed by atoms with Gasteiger partial charge in [-0.25, -0.2) is 32.6 Å². The van der Waals surface area contributed by atoms with Crippen LogP contribution in [0.2, 0.25) is 5.02 Å². The number of hydrogen-bond donors (Lipinski definition) is 2. The Labute approximate surface area is 320 Å². The normalized spacial score (nSPS) is 14.5. The van der Waals surface area contributed by atoms with E-state index in [1.165, 1.54) is 44.3 Å². The van der Waals surface area contributed by atoms with Gasteiger partial charge >= 0.3 is 12.0 Å². The number of sulfone groups is 1. The molecule has 3 heterocycles. The molecule has 288 valence electrons. The molecule has 0 fully saturated rings. The highest BCUT2D eigenvalue weighted by Gasteiger charge is 2.39. The second kappa shape index (κ2) is 17.8. The average molecular weight is 826 g/mol. The summed E-state index contributed by atoms with van der Waals surface area (Å²) in [5.74, 6) is -1.74. The molecule has 2 aliphatic rings. The molecule has 21 heteroatoms. The molecule has 2 N–H and O–H groups in total. The highest BCUT2D eigenvalue weighted by atomic mass is 35.5. The highest BCUT2D eigenvalue weighted by Crippen LogP contribution is 2.37. The van der Waals surface area contributed by atoms with E-state index >= 15 is 0 Å². The van der Waals surface area contributed by atoms with Crippen LogP contribution in [-0.2, 0) is 39.0 Å². The number of nitrogens with one attached hydrogen (secondary N) is 2. The molecule has 5 rings (SSSR count). The number of carbonyl (C=O) groups excluding carboxylic acids is 4. The van der Waals surface area contributed by atoms with Gasteiger partial charge in [0.2, 0.25) is 17.7 Å². The van der Waals surface area contributed by atoms with Gasteiger partial charge in [0.1, 0.15) is 9.93 Å². The number of carbonyl (C=O) groups is 4. The van der Waals surface area contributed by atoms with Crippen molar-refractivity contribution in [3.63, 3.8) is 0 Å². The Kier molecular flexibility index (Phi) is 13.7. The van der Waals surface area contributed by atoms with E-state index < -0.39 is 41.8 Å². The molecular formula is C33H34Cl2N6O11S2. The standard InChI is InChI=1S/C19H17Cl2NO4.C14H17N5O7S2/c1-2-26-19(25)16(21)10-11-9-12(7-8-15(11)20)22-17(23)13-5-3-4-6-14(13)18(22)24;1-4-27(21,22)9-6-5-7-15-12(9)28(23,24)19-14(20)18-13-16-10(25-2)8-11(17-13)26-3/h7-10H,2-6H2,1H3;5-8H,4H2,1-3H3,(H2,16,17,18,19,20)/b16-10-;. The second-order valence-electron chi connectivity index (χ2n) is 11.1. The Morgan fingerprint density at radius 3 is 2.11 bits per heavy atom. The summed E-state index contributed by atoms with van der Waals surface area (Å²) in [6, 6.07) is 7.21. The molecule has 2 aromatic heterocycles. The molecule has 0 saturated heterocycles. The summed E-state index contributed by atoms with van der Waals surface area (Å²) >= 11 is 12.1.